The van der Waals surface area contributed by atoms with E-state index in [2.05, 4.69) is 9.64 Å². The fourth-order valence-corrected chi connectivity index (χ4v) is 2.75. The lowest BCUT2D eigenvalue weighted by Gasteiger charge is -2.40. The van der Waals surface area contributed by atoms with Gasteiger partial charge < -0.3 is 14.4 Å². The average Bonchev–Trinajstić information content (AvgIpc) is 2.48. The summed E-state index contributed by atoms with van der Waals surface area (Å²) in [5.74, 6) is -0.232. The van der Waals surface area contributed by atoms with Crippen molar-refractivity contribution in [2.45, 2.75) is 52.2 Å². The van der Waals surface area contributed by atoms with E-state index in [9.17, 15) is 18.0 Å². The van der Waals surface area contributed by atoms with Crippen LogP contribution in [0.4, 0.5) is 18.0 Å². The van der Waals surface area contributed by atoms with Crippen LogP contribution in [0.1, 0.15) is 33.3 Å². The largest absolute Gasteiger partial charge is 0.573 e. The topological polar surface area (TPSA) is 42.0 Å². The normalized spacial score (nSPS) is 19.3. The number of rotatable bonds is 3. The molecule has 5 nitrogen and oxygen atoms in total. The number of hydrogen-bond acceptors (Lipinski definition) is 4. The van der Waals surface area contributed by atoms with E-state index in [1.807, 2.05) is 27.7 Å². The first-order valence-electron chi connectivity index (χ1n) is 8.49. The fraction of sp³-hybridized carbons (Fsp3) is 0.611. The van der Waals surface area contributed by atoms with Gasteiger partial charge in [0.05, 0.1) is 0 Å². The first-order chi connectivity index (χ1) is 11.9. The number of halogens is 3. The number of ether oxygens (including phenoxy) is 2. The van der Waals surface area contributed by atoms with Gasteiger partial charge in [0, 0.05) is 32.2 Å². The first kappa shape index (κ1) is 20.4. The molecule has 26 heavy (non-hydrogen) atoms. The summed E-state index contributed by atoms with van der Waals surface area (Å²) < 4.78 is 45.9. The van der Waals surface area contributed by atoms with Crippen molar-refractivity contribution in [1.82, 2.24) is 9.80 Å². The minimum Gasteiger partial charge on any atom is -0.444 e. The number of piperazine rings is 1. The molecule has 0 bridgehead atoms. The van der Waals surface area contributed by atoms with Gasteiger partial charge in [0.1, 0.15) is 11.4 Å². The van der Waals surface area contributed by atoms with Crippen molar-refractivity contribution in [2.75, 3.05) is 19.6 Å². The van der Waals surface area contributed by atoms with Crippen LogP contribution in [0.5, 0.6) is 5.75 Å². The smallest absolute Gasteiger partial charge is 0.444 e. The predicted molar refractivity (Wildman–Crippen MR) is 90.8 cm³/mol. The third-order valence-corrected chi connectivity index (χ3v) is 3.96. The Morgan fingerprint density at radius 3 is 2.27 bits per heavy atom. The molecule has 1 amide bonds. The Morgan fingerprint density at radius 1 is 1.15 bits per heavy atom. The zero-order valence-corrected chi connectivity index (χ0v) is 15.5. The lowest BCUT2D eigenvalue weighted by atomic mass is 10.1. The van der Waals surface area contributed by atoms with Crippen molar-refractivity contribution >= 4 is 6.09 Å². The standard InChI is InChI=1S/C18H25F3N2O3/c1-13-11-23(16(24)26-17(2,3)4)10-9-22(13)12-14-5-7-15(8-6-14)25-18(19,20)21/h5-8,13H,9-12H2,1-4H3. The highest BCUT2D eigenvalue weighted by molar-refractivity contribution is 5.68. The molecule has 0 N–H and O–H groups in total. The van der Waals surface area contributed by atoms with Crippen molar-refractivity contribution < 1.29 is 27.4 Å². The van der Waals surface area contributed by atoms with Crippen molar-refractivity contribution in [2.24, 2.45) is 0 Å². The van der Waals surface area contributed by atoms with Gasteiger partial charge in [-0.2, -0.15) is 0 Å². The van der Waals surface area contributed by atoms with E-state index in [0.29, 0.717) is 26.2 Å². The van der Waals surface area contributed by atoms with E-state index in [1.165, 1.54) is 12.1 Å². The molecule has 1 unspecified atom stereocenters. The lowest BCUT2D eigenvalue weighted by Crippen LogP contribution is -2.54. The van der Waals surface area contributed by atoms with Crippen molar-refractivity contribution in [1.29, 1.82) is 0 Å². The molecule has 0 radical (unpaired) electrons. The van der Waals surface area contributed by atoms with Crippen LogP contribution in [-0.4, -0.2) is 53.5 Å². The van der Waals surface area contributed by atoms with Gasteiger partial charge in [-0.05, 0) is 45.4 Å². The molecule has 1 aromatic carbocycles. The summed E-state index contributed by atoms with van der Waals surface area (Å²) in [6, 6.07) is 5.97. The van der Waals surface area contributed by atoms with Crippen LogP contribution in [0, 0.1) is 0 Å². The number of benzene rings is 1. The SMILES string of the molecule is CC1CN(C(=O)OC(C)(C)C)CCN1Cc1ccc(OC(F)(F)F)cc1. The summed E-state index contributed by atoms with van der Waals surface area (Å²) in [7, 11) is 0. The molecule has 146 valence electrons. The summed E-state index contributed by atoms with van der Waals surface area (Å²) in [5, 5.41) is 0. The number of nitrogens with zero attached hydrogens (tertiary/aromatic N) is 2. The summed E-state index contributed by atoms with van der Waals surface area (Å²) in [5.41, 5.74) is 0.356. The summed E-state index contributed by atoms with van der Waals surface area (Å²) in [6.07, 6.45) is -5.01. The summed E-state index contributed by atoms with van der Waals surface area (Å²) in [4.78, 5) is 16.0. The Hall–Kier alpha value is -1.96. The average molecular weight is 374 g/mol. The Balaban J connectivity index is 1.89. The van der Waals surface area contributed by atoms with Crippen LogP contribution >= 0.6 is 0 Å². The summed E-state index contributed by atoms with van der Waals surface area (Å²) >= 11 is 0. The maximum atomic E-state index is 12.2. The zero-order chi connectivity index (χ0) is 19.5. The van der Waals surface area contributed by atoms with Crippen molar-refractivity contribution in [3.63, 3.8) is 0 Å². The molecule has 0 aliphatic carbocycles. The molecule has 1 atom stereocenters. The van der Waals surface area contributed by atoms with Gasteiger partial charge in [-0.25, -0.2) is 4.79 Å². The van der Waals surface area contributed by atoms with Crippen LogP contribution in [0.3, 0.4) is 0 Å². The highest BCUT2D eigenvalue weighted by Crippen LogP contribution is 2.24. The van der Waals surface area contributed by atoms with Gasteiger partial charge in [-0.1, -0.05) is 12.1 Å². The van der Waals surface area contributed by atoms with Crippen LogP contribution in [-0.2, 0) is 11.3 Å². The van der Waals surface area contributed by atoms with Crippen LogP contribution < -0.4 is 4.74 Å². The number of hydrogen-bond donors (Lipinski definition) is 0. The second kappa shape index (κ2) is 7.73. The molecule has 1 aliphatic rings. The van der Waals surface area contributed by atoms with Gasteiger partial charge in [0.2, 0.25) is 0 Å². The van der Waals surface area contributed by atoms with Gasteiger partial charge in [0.25, 0.3) is 0 Å². The Kier molecular flexibility index (Phi) is 6.05. The van der Waals surface area contributed by atoms with Gasteiger partial charge in [-0.3, -0.25) is 4.90 Å². The number of carbonyl (C=O) groups excluding carboxylic acids is 1. The third kappa shape index (κ3) is 6.40. The van der Waals surface area contributed by atoms with E-state index in [-0.39, 0.29) is 17.9 Å². The highest BCUT2D eigenvalue weighted by Gasteiger charge is 2.31. The second-order valence-corrected chi connectivity index (χ2v) is 7.44. The molecule has 1 heterocycles. The first-order valence-corrected chi connectivity index (χ1v) is 8.49. The van der Waals surface area contributed by atoms with Crippen LogP contribution in [0.2, 0.25) is 0 Å². The molecular formula is C18H25F3N2O3. The fourth-order valence-electron chi connectivity index (χ4n) is 2.75. The molecule has 0 aromatic heterocycles. The molecule has 8 heteroatoms. The van der Waals surface area contributed by atoms with Crippen LogP contribution in [0.25, 0.3) is 0 Å². The molecule has 1 aliphatic heterocycles. The monoisotopic (exact) mass is 374 g/mol. The summed E-state index contributed by atoms with van der Waals surface area (Å²) in [6.45, 7) is 9.86. The van der Waals surface area contributed by atoms with Crippen LogP contribution in [0.15, 0.2) is 24.3 Å². The molecule has 1 saturated heterocycles. The predicted octanol–water partition coefficient (Wildman–Crippen LogP) is 4.03. The van der Waals surface area contributed by atoms with E-state index < -0.39 is 12.0 Å². The zero-order valence-electron chi connectivity index (χ0n) is 15.5. The quantitative estimate of drug-likeness (QED) is 0.801. The maximum absolute atomic E-state index is 12.2. The molecule has 1 fully saturated rings. The van der Waals surface area contributed by atoms with E-state index >= 15 is 0 Å². The second-order valence-electron chi connectivity index (χ2n) is 7.44. The van der Waals surface area contributed by atoms with Crippen molar-refractivity contribution in [3.05, 3.63) is 29.8 Å². The Morgan fingerprint density at radius 2 is 1.77 bits per heavy atom. The lowest BCUT2D eigenvalue weighted by molar-refractivity contribution is -0.274. The molecular weight excluding hydrogens is 349 g/mol. The van der Waals surface area contributed by atoms with E-state index in [1.54, 1.807) is 17.0 Å². The number of amides is 1. The van der Waals surface area contributed by atoms with Gasteiger partial charge in [-0.15, -0.1) is 13.2 Å². The van der Waals surface area contributed by atoms with Gasteiger partial charge in [0.15, 0.2) is 0 Å². The number of alkyl halides is 3. The van der Waals surface area contributed by atoms with E-state index in [4.69, 9.17) is 4.74 Å². The highest BCUT2D eigenvalue weighted by atomic mass is 19.4. The van der Waals surface area contributed by atoms with E-state index in [0.717, 1.165) is 5.56 Å². The van der Waals surface area contributed by atoms with Crippen molar-refractivity contribution in [3.8, 4) is 5.75 Å². The molecule has 2 rings (SSSR count). The minimum atomic E-state index is -4.69. The van der Waals surface area contributed by atoms with Gasteiger partial charge >= 0.3 is 12.5 Å². The third-order valence-electron chi connectivity index (χ3n) is 3.96. The molecule has 0 saturated carbocycles. The Labute approximate surface area is 151 Å². The molecule has 0 spiro atoms. The minimum absolute atomic E-state index is 0.113. The Bertz CT molecular complexity index is 612. The number of carbonyl (C=O) groups is 1. The maximum Gasteiger partial charge on any atom is 0.573 e. The molecule has 1 aromatic rings.